The first-order valence-corrected chi connectivity index (χ1v) is 3.51. The van der Waals surface area contributed by atoms with E-state index in [0.29, 0.717) is 11.1 Å². The molecule has 1 heterocycles. The molecule has 0 aliphatic heterocycles. The summed E-state index contributed by atoms with van der Waals surface area (Å²) in [6, 6.07) is 0. The zero-order chi connectivity index (χ0) is 10.2. The van der Waals surface area contributed by atoms with E-state index in [9.17, 15) is 9.59 Å². The van der Waals surface area contributed by atoms with E-state index in [4.69, 9.17) is 10.2 Å². The van der Waals surface area contributed by atoms with Crippen LogP contribution in [0.3, 0.4) is 0 Å². The van der Waals surface area contributed by atoms with Crippen molar-refractivity contribution in [1.82, 2.24) is 0 Å². The molecule has 0 amide bonds. The third kappa shape index (κ3) is 1.40. The lowest BCUT2D eigenvalue weighted by atomic mass is 10.1. The van der Waals surface area contributed by atoms with Crippen LogP contribution in [-0.2, 0) is 0 Å². The van der Waals surface area contributed by atoms with Crippen molar-refractivity contribution in [3.63, 3.8) is 0 Å². The number of furan rings is 1. The second-order valence-corrected chi connectivity index (χ2v) is 2.62. The van der Waals surface area contributed by atoms with Crippen LogP contribution in [0, 0.1) is 13.8 Å². The fourth-order valence-corrected chi connectivity index (χ4v) is 1.00. The summed E-state index contributed by atoms with van der Waals surface area (Å²) < 4.78 is 4.67. The van der Waals surface area contributed by atoms with Gasteiger partial charge in [-0.15, -0.1) is 0 Å². The Kier molecular flexibility index (Phi) is 2.10. The van der Waals surface area contributed by atoms with Crippen molar-refractivity contribution in [3.05, 3.63) is 22.6 Å². The fraction of sp³-hybridized carbons (Fsp3) is 0.250. The fourth-order valence-electron chi connectivity index (χ4n) is 1.00. The second kappa shape index (κ2) is 2.93. The molecule has 0 spiro atoms. The Labute approximate surface area is 73.6 Å². The van der Waals surface area contributed by atoms with Gasteiger partial charge in [0.15, 0.2) is 0 Å². The van der Waals surface area contributed by atoms with Gasteiger partial charge in [0.25, 0.3) is 0 Å². The summed E-state index contributed by atoms with van der Waals surface area (Å²) in [6.07, 6.45) is 0. The Balaban J connectivity index is 3.36. The molecule has 13 heavy (non-hydrogen) atoms. The van der Waals surface area contributed by atoms with Crippen molar-refractivity contribution >= 4 is 11.9 Å². The predicted octanol–water partition coefficient (Wildman–Crippen LogP) is 1.29. The summed E-state index contributed by atoms with van der Waals surface area (Å²) in [4.78, 5) is 21.0. The highest BCUT2D eigenvalue weighted by Crippen LogP contribution is 2.20. The Morgan fingerprint density at radius 2 is 1.31 bits per heavy atom. The first-order valence-electron chi connectivity index (χ1n) is 3.51. The highest BCUT2D eigenvalue weighted by molar-refractivity contribution is 5.92. The van der Waals surface area contributed by atoms with E-state index >= 15 is 0 Å². The van der Waals surface area contributed by atoms with E-state index in [1.165, 1.54) is 13.8 Å². The minimum absolute atomic E-state index is 0.310. The average molecular weight is 184 g/mol. The normalized spacial score (nSPS) is 10.0. The van der Waals surface area contributed by atoms with Crippen LogP contribution in [0.4, 0.5) is 0 Å². The summed E-state index contributed by atoms with van der Waals surface area (Å²) >= 11 is 0. The molecule has 0 unspecified atom stereocenters. The van der Waals surface area contributed by atoms with Gasteiger partial charge in [0, 0.05) is 11.1 Å². The van der Waals surface area contributed by atoms with Gasteiger partial charge in [-0.05, 0) is 13.8 Å². The number of hydrogen-bond acceptors (Lipinski definition) is 3. The third-order valence-corrected chi connectivity index (χ3v) is 1.84. The molecule has 0 aliphatic rings. The van der Waals surface area contributed by atoms with E-state index in [0.717, 1.165) is 0 Å². The summed E-state index contributed by atoms with van der Waals surface area (Å²) in [7, 11) is 0. The maximum atomic E-state index is 10.5. The summed E-state index contributed by atoms with van der Waals surface area (Å²) in [5, 5.41) is 17.2. The molecule has 70 valence electrons. The lowest BCUT2D eigenvalue weighted by molar-refractivity contribution is 0.0631. The molecule has 0 fully saturated rings. The van der Waals surface area contributed by atoms with Crippen LogP contribution in [0.25, 0.3) is 0 Å². The molecule has 0 bridgehead atoms. The quantitative estimate of drug-likeness (QED) is 0.723. The number of rotatable bonds is 2. The van der Waals surface area contributed by atoms with Crippen LogP contribution in [0.2, 0.25) is 0 Å². The number of carbonyl (C=O) groups is 2. The molecular formula is C8H8O5. The minimum atomic E-state index is -1.26. The second-order valence-electron chi connectivity index (χ2n) is 2.62. The number of hydrogen-bond donors (Lipinski definition) is 2. The minimum Gasteiger partial charge on any atom is -0.475 e. The zero-order valence-electron chi connectivity index (χ0n) is 7.12. The van der Waals surface area contributed by atoms with Gasteiger partial charge in [-0.2, -0.15) is 0 Å². The Hall–Kier alpha value is -1.78. The molecule has 1 rings (SSSR count). The van der Waals surface area contributed by atoms with Crippen LogP contribution in [0.15, 0.2) is 4.42 Å². The van der Waals surface area contributed by atoms with Crippen molar-refractivity contribution < 1.29 is 24.2 Å². The van der Waals surface area contributed by atoms with Gasteiger partial charge in [-0.1, -0.05) is 0 Å². The molecule has 5 heteroatoms. The molecule has 5 nitrogen and oxygen atoms in total. The largest absolute Gasteiger partial charge is 0.475 e. The number of carboxylic acids is 2. The average Bonchev–Trinajstić information content (AvgIpc) is 2.29. The predicted molar refractivity (Wildman–Crippen MR) is 42.1 cm³/mol. The molecule has 0 aliphatic carbocycles. The highest BCUT2D eigenvalue weighted by Gasteiger charge is 2.22. The third-order valence-electron chi connectivity index (χ3n) is 1.84. The number of carboxylic acid groups (broad SMARTS) is 2. The van der Waals surface area contributed by atoms with Crippen molar-refractivity contribution in [3.8, 4) is 0 Å². The van der Waals surface area contributed by atoms with Gasteiger partial charge < -0.3 is 14.6 Å². The van der Waals surface area contributed by atoms with E-state index < -0.39 is 11.9 Å². The van der Waals surface area contributed by atoms with Crippen LogP contribution in [0.1, 0.15) is 32.2 Å². The molecule has 0 radical (unpaired) electrons. The lowest BCUT2D eigenvalue weighted by Crippen LogP contribution is -1.96. The molecule has 0 saturated heterocycles. The van der Waals surface area contributed by atoms with Crippen molar-refractivity contribution in [2.75, 3.05) is 0 Å². The van der Waals surface area contributed by atoms with Gasteiger partial charge in [-0.25, -0.2) is 9.59 Å². The van der Waals surface area contributed by atoms with Gasteiger partial charge in [0.2, 0.25) is 11.5 Å². The Morgan fingerprint density at radius 1 is 1.00 bits per heavy atom. The van der Waals surface area contributed by atoms with E-state index in [1.54, 1.807) is 0 Å². The van der Waals surface area contributed by atoms with Crippen molar-refractivity contribution in [2.45, 2.75) is 13.8 Å². The zero-order valence-corrected chi connectivity index (χ0v) is 7.12. The topological polar surface area (TPSA) is 87.7 Å². The monoisotopic (exact) mass is 184 g/mol. The van der Waals surface area contributed by atoms with Crippen LogP contribution < -0.4 is 0 Å². The van der Waals surface area contributed by atoms with E-state index in [2.05, 4.69) is 4.42 Å². The first-order chi connectivity index (χ1) is 5.95. The Morgan fingerprint density at radius 3 is 1.46 bits per heavy atom. The first kappa shape index (κ1) is 9.31. The van der Waals surface area contributed by atoms with Crippen LogP contribution in [-0.4, -0.2) is 22.2 Å². The van der Waals surface area contributed by atoms with Gasteiger partial charge in [0.05, 0.1) is 0 Å². The van der Waals surface area contributed by atoms with Gasteiger partial charge in [-0.3, -0.25) is 0 Å². The smallest absolute Gasteiger partial charge is 0.372 e. The standard InChI is InChI=1S/C8H8O5/c1-3-4(2)6(8(11)12)13-5(3)7(9)10/h1-2H3,(H,9,10)(H,11,12). The molecule has 2 N–H and O–H groups in total. The van der Waals surface area contributed by atoms with Gasteiger partial charge in [0.1, 0.15) is 0 Å². The maximum Gasteiger partial charge on any atom is 0.372 e. The maximum absolute atomic E-state index is 10.5. The molecule has 1 aromatic heterocycles. The number of aromatic carboxylic acids is 2. The molecule has 0 saturated carbocycles. The molecular weight excluding hydrogens is 176 g/mol. The van der Waals surface area contributed by atoms with E-state index in [-0.39, 0.29) is 11.5 Å². The summed E-state index contributed by atoms with van der Waals surface area (Å²) in [5.41, 5.74) is 0.704. The lowest BCUT2D eigenvalue weighted by Gasteiger charge is -1.87. The Bertz CT molecular complexity index is 340. The highest BCUT2D eigenvalue weighted by atomic mass is 16.4. The van der Waals surface area contributed by atoms with Crippen molar-refractivity contribution in [1.29, 1.82) is 0 Å². The van der Waals surface area contributed by atoms with E-state index in [1.807, 2.05) is 0 Å². The van der Waals surface area contributed by atoms with Crippen LogP contribution in [0.5, 0.6) is 0 Å². The molecule has 0 aromatic carbocycles. The molecule has 0 atom stereocenters. The van der Waals surface area contributed by atoms with Crippen molar-refractivity contribution in [2.24, 2.45) is 0 Å². The SMILES string of the molecule is Cc1c(C(=O)O)oc(C(=O)O)c1C. The summed E-state index contributed by atoms with van der Waals surface area (Å²) in [6.45, 7) is 3.02. The van der Waals surface area contributed by atoms with Gasteiger partial charge >= 0.3 is 11.9 Å². The molecule has 1 aromatic rings. The summed E-state index contributed by atoms with van der Waals surface area (Å²) in [5.74, 6) is -3.13. The van der Waals surface area contributed by atoms with Crippen LogP contribution >= 0.6 is 0 Å².